The maximum absolute atomic E-state index is 13.3. The Morgan fingerprint density at radius 1 is 1.12 bits per heavy atom. The van der Waals surface area contributed by atoms with Crippen LogP contribution in [0.4, 0.5) is 0 Å². The van der Waals surface area contributed by atoms with Gasteiger partial charge in [-0.2, -0.15) is 0 Å². The zero-order valence-electron chi connectivity index (χ0n) is 17.3. The predicted octanol–water partition coefficient (Wildman–Crippen LogP) is 5.94. The van der Waals surface area contributed by atoms with Gasteiger partial charge < -0.3 is 0 Å². The summed E-state index contributed by atoms with van der Waals surface area (Å²) in [6.45, 7) is 5.51. The smallest absolute Gasteiger partial charge is 0.286 e. The average molecular weight is 535 g/mol. The van der Waals surface area contributed by atoms with Gasteiger partial charge in [0, 0.05) is 33.8 Å². The Bertz CT molecular complexity index is 1140. The number of hydrogen-bond acceptors (Lipinski definition) is 4. The number of aromatic nitrogens is 2. The second-order valence-electron chi connectivity index (χ2n) is 7.54. The molecule has 1 saturated heterocycles. The second kappa shape index (κ2) is 10.2. The lowest BCUT2D eigenvalue weighted by Gasteiger charge is -2.26. The molecule has 0 saturated carbocycles. The molecule has 1 N–H and O–H groups in total. The van der Waals surface area contributed by atoms with E-state index in [1.807, 2.05) is 33.8 Å². The maximum Gasteiger partial charge on any atom is 0.286 e. The Morgan fingerprint density at radius 3 is 2.50 bits per heavy atom. The van der Waals surface area contributed by atoms with E-state index < -0.39 is 0 Å². The molecule has 3 aromatic rings. The molecule has 1 amide bonds. The summed E-state index contributed by atoms with van der Waals surface area (Å²) in [6.07, 6.45) is 3.29. The molecular weight excluding hydrogens is 513 g/mol. The number of hydrazine groups is 1. The van der Waals surface area contributed by atoms with Crippen molar-refractivity contribution in [2.24, 2.45) is 4.99 Å². The highest BCUT2D eigenvalue weighted by atomic mass is 79.9. The molecule has 9 heteroatoms. The van der Waals surface area contributed by atoms with Gasteiger partial charge in [-0.25, -0.2) is 9.99 Å². The van der Waals surface area contributed by atoms with Gasteiger partial charge in [-0.15, -0.1) is 0 Å². The monoisotopic (exact) mass is 533 g/mol. The molecule has 0 radical (unpaired) electrons. The number of amides is 1. The second-order valence-corrected chi connectivity index (χ2v) is 9.30. The van der Waals surface area contributed by atoms with Crippen LogP contribution in [0, 0.1) is 0 Å². The van der Waals surface area contributed by atoms with E-state index in [9.17, 15) is 4.79 Å². The molecule has 0 atom stereocenters. The first-order chi connectivity index (χ1) is 15.5. The van der Waals surface area contributed by atoms with E-state index in [4.69, 9.17) is 28.2 Å². The Morgan fingerprint density at radius 2 is 1.84 bits per heavy atom. The number of piperidine rings is 1. The molecule has 0 unspecified atom stereocenters. The van der Waals surface area contributed by atoms with Gasteiger partial charge in [0.25, 0.3) is 5.91 Å². The number of hydrogen-bond donors (Lipinski definition) is 1. The quantitative estimate of drug-likeness (QED) is 0.398. The zero-order valence-corrected chi connectivity index (χ0v) is 20.4. The first-order valence-electron chi connectivity index (χ1n) is 10.3. The molecule has 6 nitrogen and oxygen atoms in total. The molecule has 166 valence electrons. The summed E-state index contributed by atoms with van der Waals surface area (Å²) in [4.78, 5) is 22.1. The SMILES string of the molecule is C=NCc1c(C(=O)NN2CCCCC2)nc(-c2ccc(Cl)cc2Cl)n1-c1ccc(Br)cc1. The summed E-state index contributed by atoms with van der Waals surface area (Å²) in [5.74, 6) is 0.268. The molecule has 0 bridgehead atoms. The van der Waals surface area contributed by atoms with Crippen molar-refractivity contribution < 1.29 is 4.79 Å². The summed E-state index contributed by atoms with van der Waals surface area (Å²) in [5, 5.41) is 2.92. The van der Waals surface area contributed by atoms with E-state index in [0.29, 0.717) is 32.8 Å². The molecule has 0 aliphatic carbocycles. The van der Waals surface area contributed by atoms with Gasteiger partial charge in [-0.3, -0.25) is 19.8 Å². The van der Waals surface area contributed by atoms with Crippen molar-refractivity contribution in [3.05, 3.63) is 68.4 Å². The average Bonchev–Trinajstić information content (AvgIpc) is 3.14. The fourth-order valence-corrected chi connectivity index (χ4v) is 4.57. The van der Waals surface area contributed by atoms with Crippen LogP contribution in [-0.4, -0.2) is 40.3 Å². The normalized spacial score (nSPS) is 14.3. The Kier molecular flexibility index (Phi) is 7.30. The van der Waals surface area contributed by atoms with Crippen LogP contribution < -0.4 is 5.43 Å². The molecule has 2 aromatic carbocycles. The molecule has 1 aliphatic rings. The third kappa shape index (κ3) is 4.91. The fourth-order valence-electron chi connectivity index (χ4n) is 3.81. The van der Waals surface area contributed by atoms with Crippen LogP contribution in [0.2, 0.25) is 10.0 Å². The van der Waals surface area contributed by atoms with Crippen molar-refractivity contribution in [3.63, 3.8) is 0 Å². The van der Waals surface area contributed by atoms with Crippen molar-refractivity contribution in [3.8, 4) is 17.1 Å². The number of carbonyl (C=O) groups excluding carboxylic acids is 1. The van der Waals surface area contributed by atoms with Gasteiger partial charge >= 0.3 is 0 Å². The summed E-state index contributed by atoms with van der Waals surface area (Å²) in [6, 6.07) is 13.0. The van der Waals surface area contributed by atoms with E-state index in [1.54, 1.807) is 18.2 Å². The number of nitrogens with one attached hydrogen (secondary N) is 1. The van der Waals surface area contributed by atoms with Crippen molar-refractivity contribution in [2.45, 2.75) is 25.8 Å². The van der Waals surface area contributed by atoms with Gasteiger partial charge in [-0.1, -0.05) is 45.6 Å². The minimum Gasteiger partial charge on any atom is -0.295 e. The van der Waals surface area contributed by atoms with Crippen LogP contribution in [0.25, 0.3) is 17.1 Å². The molecule has 0 spiro atoms. The Labute approximate surface area is 205 Å². The molecule has 1 fully saturated rings. The third-order valence-corrected chi connectivity index (χ3v) is 6.40. The van der Waals surface area contributed by atoms with E-state index in [1.165, 1.54) is 6.42 Å². The largest absolute Gasteiger partial charge is 0.295 e. The molecular formula is C23H22BrCl2N5O. The lowest BCUT2D eigenvalue weighted by atomic mass is 10.2. The first kappa shape index (κ1) is 23.0. The van der Waals surface area contributed by atoms with Gasteiger partial charge in [0.1, 0.15) is 5.82 Å². The van der Waals surface area contributed by atoms with Crippen molar-refractivity contribution in [2.75, 3.05) is 13.1 Å². The fraction of sp³-hybridized carbons (Fsp3) is 0.261. The van der Waals surface area contributed by atoms with Crippen molar-refractivity contribution in [1.82, 2.24) is 20.0 Å². The Balaban J connectivity index is 1.87. The lowest BCUT2D eigenvalue weighted by Crippen LogP contribution is -2.45. The van der Waals surface area contributed by atoms with Crippen LogP contribution in [0.15, 0.2) is 51.9 Å². The highest BCUT2D eigenvalue weighted by molar-refractivity contribution is 9.10. The van der Waals surface area contributed by atoms with Crippen LogP contribution in [0.3, 0.4) is 0 Å². The van der Waals surface area contributed by atoms with E-state index in [2.05, 4.69) is 33.1 Å². The third-order valence-electron chi connectivity index (χ3n) is 5.32. The molecule has 1 aliphatic heterocycles. The number of aliphatic imine (C=N–C) groups is 1. The van der Waals surface area contributed by atoms with Gasteiger partial charge in [0.15, 0.2) is 5.69 Å². The van der Waals surface area contributed by atoms with E-state index in [0.717, 1.165) is 36.1 Å². The summed E-state index contributed by atoms with van der Waals surface area (Å²) in [7, 11) is 0. The Hall–Kier alpha value is -2.19. The van der Waals surface area contributed by atoms with E-state index >= 15 is 0 Å². The predicted molar refractivity (Wildman–Crippen MR) is 133 cm³/mol. The van der Waals surface area contributed by atoms with Crippen LogP contribution in [0.1, 0.15) is 35.4 Å². The van der Waals surface area contributed by atoms with Gasteiger partial charge in [0.05, 0.1) is 17.3 Å². The summed E-state index contributed by atoms with van der Waals surface area (Å²) < 4.78 is 2.85. The molecule has 4 rings (SSSR count). The number of nitrogens with zero attached hydrogens (tertiary/aromatic N) is 4. The first-order valence-corrected chi connectivity index (χ1v) is 11.8. The molecule has 32 heavy (non-hydrogen) atoms. The number of benzene rings is 2. The minimum absolute atomic E-state index is 0.219. The zero-order chi connectivity index (χ0) is 22.7. The molecule has 2 heterocycles. The summed E-state index contributed by atoms with van der Waals surface area (Å²) in [5.41, 5.74) is 5.44. The topological polar surface area (TPSA) is 62.5 Å². The van der Waals surface area contributed by atoms with Crippen molar-refractivity contribution >= 4 is 51.8 Å². The van der Waals surface area contributed by atoms with Crippen molar-refractivity contribution in [1.29, 1.82) is 0 Å². The number of halogens is 3. The highest BCUT2D eigenvalue weighted by Gasteiger charge is 2.26. The van der Waals surface area contributed by atoms with Gasteiger partial charge in [-0.05, 0) is 62.0 Å². The highest BCUT2D eigenvalue weighted by Crippen LogP contribution is 2.34. The number of rotatable bonds is 6. The molecule has 1 aromatic heterocycles. The minimum atomic E-state index is -0.271. The van der Waals surface area contributed by atoms with Crippen LogP contribution >= 0.6 is 39.1 Å². The van der Waals surface area contributed by atoms with Crippen LogP contribution in [0.5, 0.6) is 0 Å². The van der Waals surface area contributed by atoms with Crippen LogP contribution in [-0.2, 0) is 6.54 Å². The van der Waals surface area contributed by atoms with Gasteiger partial charge in [0.2, 0.25) is 0 Å². The number of carbonyl (C=O) groups is 1. The maximum atomic E-state index is 13.3. The number of imidazole rings is 1. The standard InChI is InChI=1S/C23H22BrCl2N5O/c1-27-14-20-21(23(32)29-30-11-3-2-4-12-30)28-22(18-10-7-16(25)13-19(18)26)31(20)17-8-5-15(24)6-9-17/h5-10,13H,1-4,11-12,14H2,(H,29,32). The summed E-state index contributed by atoms with van der Waals surface area (Å²) >= 11 is 16.1. The lowest BCUT2D eigenvalue weighted by molar-refractivity contribution is 0.0744. The van der Waals surface area contributed by atoms with E-state index in [-0.39, 0.29) is 12.5 Å².